The number of anilines is 2. The Labute approximate surface area is 385 Å². The molecule has 0 saturated heterocycles. The van der Waals surface area contributed by atoms with Gasteiger partial charge in [0.2, 0.25) is 17.5 Å². The van der Waals surface area contributed by atoms with Crippen LogP contribution in [-0.2, 0) is 37.1 Å². The molecule has 10 heteroatoms. The SMILES string of the molecule is CC1(C)C(/C=C/C=C/C=C/C=C2/N(CCCCS(=O)(=O)O)c3ccccc3C2(C)C)=[N+](CCCCCC(=O)NCCC(=O)N2Cc3ccccc3C#Cc3ccccc32)c2ccccc21. The van der Waals surface area contributed by atoms with E-state index in [-0.39, 0.29) is 41.4 Å². The highest BCUT2D eigenvalue weighted by atomic mass is 32.2. The molecule has 7 rings (SSSR count). The number of allylic oxidation sites excluding steroid dienone is 8. The fourth-order valence-corrected chi connectivity index (χ4v) is 9.84. The molecule has 0 spiro atoms. The molecular weight excluding hydrogens is 829 g/mol. The van der Waals surface area contributed by atoms with E-state index >= 15 is 0 Å². The molecule has 65 heavy (non-hydrogen) atoms. The lowest BCUT2D eigenvalue weighted by molar-refractivity contribution is -0.438. The number of fused-ring (bicyclic) bond motifs is 4. The van der Waals surface area contributed by atoms with Crippen molar-refractivity contribution in [2.24, 2.45) is 0 Å². The zero-order valence-electron chi connectivity index (χ0n) is 38.1. The van der Waals surface area contributed by atoms with E-state index in [0.29, 0.717) is 32.4 Å². The largest absolute Gasteiger partial charge is 0.356 e. The van der Waals surface area contributed by atoms with E-state index in [0.717, 1.165) is 59.6 Å². The monoisotopic (exact) mass is 889 g/mol. The lowest BCUT2D eigenvalue weighted by Crippen LogP contribution is -2.35. The van der Waals surface area contributed by atoms with Crippen molar-refractivity contribution < 1.29 is 27.1 Å². The van der Waals surface area contributed by atoms with Crippen molar-refractivity contribution in [3.05, 3.63) is 173 Å². The molecule has 9 nitrogen and oxygen atoms in total. The van der Waals surface area contributed by atoms with Gasteiger partial charge < -0.3 is 15.1 Å². The summed E-state index contributed by atoms with van der Waals surface area (Å²) in [5, 5.41) is 2.99. The third-order valence-electron chi connectivity index (χ3n) is 12.7. The highest BCUT2D eigenvalue weighted by Gasteiger charge is 2.44. The van der Waals surface area contributed by atoms with Gasteiger partial charge in [-0.1, -0.05) is 123 Å². The molecule has 0 bridgehead atoms. The van der Waals surface area contributed by atoms with Gasteiger partial charge in [0, 0.05) is 78.0 Å². The first kappa shape index (κ1) is 46.7. The van der Waals surface area contributed by atoms with Gasteiger partial charge in [0.15, 0.2) is 5.71 Å². The topological polar surface area (TPSA) is 110 Å². The van der Waals surface area contributed by atoms with Gasteiger partial charge in [0.25, 0.3) is 10.1 Å². The first-order valence-corrected chi connectivity index (χ1v) is 24.4. The van der Waals surface area contributed by atoms with Crippen molar-refractivity contribution in [2.45, 2.75) is 90.0 Å². The van der Waals surface area contributed by atoms with Crippen LogP contribution in [0.2, 0.25) is 0 Å². The highest BCUT2D eigenvalue weighted by Crippen LogP contribution is 2.47. The number of hydrogen-bond acceptors (Lipinski definition) is 5. The standard InChI is InChI=1S/C55H60N4O5S/c1-54(2)45-26-15-18-29-48(45)57(50(54)31-9-6-5-7-10-32-51-55(3,4)46-27-16-19-30-49(46)58(51)39-21-22-40-65(62,63)64)38-20-8-11-33-52(60)56-37-36-53(61)59-41-44-25-13-12-23-42(44)34-35-43-24-14-17-28-47(43)59/h5-7,9-10,12-19,23-32H,8,11,20-22,33,36-41H2,1-4H3,(H-,56,60,62,63,64)/p+1. The Bertz CT molecular complexity index is 2750. The first-order valence-electron chi connectivity index (χ1n) is 22.8. The Morgan fingerprint density at radius 3 is 2.18 bits per heavy atom. The number of rotatable bonds is 18. The molecular formula is C55H61N4O5S+. The van der Waals surface area contributed by atoms with Gasteiger partial charge >= 0.3 is 0 Å². The summed E-state index contributed by atoms with van der Waals surface area (Å²) >= 11 is 0. The Balaban J connectivity index is 0.917. The van der Waals surface area contributed by atoms with Crippen molar-refractivity contribution in [3.63, 3.8) is 0 Å². The maximum atomic E-state index is 13.6. The molecule has 0 radical (unpaired) electrons. The summed E-state index contributed by atoms with van der Waals surface area (Å²) in [6, 6.07) is 32.6. The average Bonchev–Trinajstić information content (AvgIpc) is 3.63. The van der Waals surface area contributed by atoms with Crippen LogP contribution in [0.5, 0.6) is 0 Å². The fraction of sp³-hybridized carbons (Fsp3) is 0.327. The van der Waals surface area contributed by atoms with E-state index in [1.54, 1.807) is 4.90 Å². The zero-order valence-corrected chi connectivity index (χ0v) is 38.9. The maximum absolute atomic E-state index is 13.6. The van der Waals surface area contributed by atoms with E-state index in [4.69, 9.17) is 0 Å². The Kier molecular flexibility index (Phi) is 14.9. The number of amides is 2. The van der Waals surface area contributed by atoms with Crippen LogP contribution in [0, 0.1) is 11.8 Å². The predicted octanol–water partition coefficient (Wildman–Crippen LogP) is 10.1. The summed E-state index contributed by atoms with van der Waals surface area (Å²) in [7, 11) is -3.98. The van der Waals surface area contributed by atoms with Crippen molar-refractivity contribution >= 4 is 44.7 Å². The molecule has 0 aliphatic carbocycles. The van der Waals surface area contributed by atoms with Gasteiger partial charge in [-0.05, 0) is 81.0 Å². The second-order valence-electron chi connectivity index (χ2n) is 18.0. The molecule has 0 aromatic heterocycles. The predicted molar refractivity (Wildman–Crippen MR) is 263 cm³/mol. The van der Waals surface area contributed by atoms with E-state index in [1.165, 1.54) is 22.5 Å². The van der Waals surface area contributed by atoms with Crippen LogP contribution in [0.3, 0.4) is 0 Å². The molecule has 0 unspecified atom stereocenters. The minimum atomic E-state index is -3.98. The lowest BCUT2D eigenvalue weighted by atomic mass is 9.81. The third-order valence-corrected chi connectivity index (χ3v) is 13.5. The van der Waals surface area contributed by atoms with E-state index < -0.39 is 10.1 Å². The van der Waals surface area contributed by atoms with Gasteiger partial charge in [-0.25, -0.2) is 0 Å². The Hall–Kier alpha value is -6.28. The van der Waals surface area contributed by atoms with Crippen LogP contribution in [0.15, 0.2) is 145 Å². The minimum absolute atomic E-state index is 0.0370. The van der Waals surface area contributed by atoms with Crippen molar-refractivity contribution in [3.8, 4) is 11.8 Å². The number of hydrogen-bond donors (Lipinski definition) is 2. The fourth-order valence-electron chi connectivity index (χ4n) is 9.28. The van der Waals surface area contributed by atoms with Crippen LogP contribution in [-0.4, -0.2) is 60.5 Å². The number of unbranched alkanes of at least 4 members (excludes halogenated alkanes) is 3. The zero-order chi connectivity index (χ0) is 46.0. The van der Waals surface area contributed by atoms with Gasteiger partial charge in [-0.3, -0.25) is 14.1 Å². The first-order chi connectivity index (χ1) is 31.3. The molecule has 2 amide bonds. The van der Waals surface area contributed by atoms with Gasteiger partial charge in [0.05, 0.1) is 23.4 Å². The molecule has 0 fully saturated rings. The van der Waals surface area contributed by atoms with Crippen LogP contribution in [0.4, 0.5) is 17.1 Å². The summed E-state index contributed by atoms with van der Waals surface area (Å²) in [5.74, 6) is 6.17. The summed E-state index contributed by atoms with van der Waals surface area (Å²) in [5.41, 5.74) is 10.4. The van der Waals surface area contributed by atoms with E-state index in [1.807, 2.05) is 66.7 Å². The molecule has 3 aliphatic rings. The number of carbonyl (C=O) groups is 2. The quantitative estimate of drug-likeness (QED) is 0.0339. The van der Waals surface area contributed by atoms with Gasteiger partial charge in [-0.15, -0.1) is 0 Å². The normalized spacial score (nSPS) is 16.6. The van der Waals surface area contributed by atoms with Crippen LogP contribution in [0.25, 0.3) is 0 Å². The Morgan fingerprint density at radius 2 is 1.38 bits per heavy atom. The second kappa shape index (κ2) is 20.7. The van der Waals surface area contributed by atoms with Crippen LogP contribution in [0.1, 0.15) is 100 Å². The number of para-hydroxylation sites is 3. The molecule has 2 N–H and O–H groups in total. The van der Waals surface area contributed by atoms with Crippen molar-refractivity contribution in [1.82, 2.24) is 5.32 Å². The summed E-state index contributed by atoms with van der Waals surface area (Å²) in [4.78, 5) is 30.5. The molecule has 0 atom stereocenters. The summed E-state index contributed by atoms with van der Waals surface area (Å²) in [6.07, 6.45) is 18.8. The highest BCUT2D eigenvalue weighted by molar-refractivity contribution is 7.85. The molecule has 3 heterocycles. The number of benzene rings is 4. The third kappa shape index (κ3) is 11.2. The molecule has 3 aliphatic heterocycles. The van der Waals surface area contributed by atoms with E-state index in [2.05, 4.69) is 127 Å². The molecule has 336 valence electrons. The van der Waals surface area contributed by atoms with Gasteiger partial charge in [0.1, 0.15) is 6.54 Å². The molecule has 4 aromatic carbocycles. The summed E-state index contributed by atoms with van der Waals surface area (Å²) in [6.45, 7) is 11.2. The minimum Gasteiger partial charge on any atom is -0.356 e. The summed E-state index contributed by atoms with van der Waals surface area (Å²) < 4.78 is 34.2. The number of nitrogens with zero attached hydrogens (tertiary/aromatic N) is 3. The second-order valence-corrected chi connectivity index (χ2v) is 19.5. The van der Waals surface area contributed by atoms with Crippen LogP contribution >= 0.6 is 0 Å². The molecule has 0 saturated carbocycles. The Morgan fingerprint density at radius 1 is 0.723 bits per heavy atom. The maximum Gasteiger partial charge on any atom is 0.264 e. The average molecular weight is 890 g/mol. The van der Waals surface area contributed by atoms with Gasteiger partial charge in [-0.2, -0.15) is 13.0 Å². The lowest BCUT2D eigenvalue weighted by Gasteiger charge is -2.27. The van der Waals surface area contributed by atoms with E-state index in [9.17, 15) is 22.6 Å². The van der Waals surface area contributed by atoms with Crippen molar-refractivity contribution in [1.29, 1.82) is 0 Å². The number of nitrogens with one attached hydrogen (secondary N) is 1. The smallest absolute Gasteiger partial charge is 0.264 e. The number of carbonyl (C=O) groups excluding carboxylic acids is 2. The molecule has 4 aromatic rings. The van der Waals surface area contributed by atoms with Crippen LogP contribution < -0.4 is 15.1 Å². The van der Waals surface area contributed by atoms with Crippen molar-refractivity contribution in [2.75, 3.05) is 35.2 Å².